The number of thioether (sulfide) groups is 1. The fourth-order valence-corrected chi connectivity index (χ4v) is 3.13. The maximum atomic E-state index is 3.59. The van der Waals surface area contributed by atoms with Gasteiger partial charge in [0, 0.05) is 5.33 Å². The van der Waals surface area contributed by atoms with Crippen LogP contribution in [0.2, 0.25) is 0 Å². The lowest BCUT2D eigenvalue weighted by molar-refractivity contribution is 0.520. The van der Waals surface area contributed by atoms with Gasteiger partial charge in [0.2, 0.25) is 0 Å². The van der Waals surface area contributed by atoms with Crippen LogP contribution in [-0.4, -0.2) is 17.3 Å². The van der Waals surface area contributed by atoms with Gasteiger partial charge in [-0.3, -0.25) is 0 Å². The Bertz CT molecular complexity index is 112. The van der Waals surface area contributed by atoms with Crippen LogP contribution < -0.4 is 0 Å². The normalized spacial score (nSPS) is 38.1. The van der Waals surface area contributed by atoms with Crippen molar-refractivity contribution in [3.63, 3.8) is 0 Å². The van der Waals surface area contributed by atoms with Gasteiger partial charge in [-0.2, -0.15) is 11.8 Å². The lowest BCUT2D eigenvalue weighted by Gasteiger charge is -2.10. The molecule has 1 saturated carbocycles. The van der Waals surface area contributed by atoms with Crippen molar-refractivity contribution in [3.05, 3.63) is 0 Å². The van der Waals surface area contributed by atoms with E-state index in [0.717, 1.165) is 5.92 Å². The van der Waals surface area contributed by atoms with E-state index >= 15 is 0 Å². The van der Waals surface area contributed by atoms with Gasteiger partial charge in [-0.25, -0.2) is 0 Å². The minimum atomic E-state index is 0.697. The third-order valence-corrected chi connectivity index (χ3v) is 4.40. The second-order valence-electron chi connectivity index (χ2n) is 3.34. The SMILES string of the molecule is CSCCC1(CBr)CC1C. The van der Waals surface area contributed by atoms with Crippen molar-refractivity contribution in [1.29, 1.82) is 0 Å². The Morgan fingerprint density at radius 1 is 1.70 bits per heavy atom. The van der Waals surface area contributed by atoms with E-state index < -0.39 is 0 Å². The van der Waals surface area contributed by atoms with Crippen molar-refractivity contribution in [2.75, 3.05) is 17.3 Å². The summed E-state index contributed by atoms with van der Waals surface area (Å²) in [4.78, 5) is 0. The monoisotopic (exact) mass is 222 g/mol. The first kappa shape index (κ1) is 8.92. The van der Waals surface area contributed by atoms with E-state index in [2.05, 4.69) is 29.1 Å². The second kappa shape index (κ2) is 3.48. The molecule has 0 aromatic rings. The minimum Gasteiger partial charge on any atom is -0.165 e. The molecule has 0 saturated heterocycles. The van der Waals surface area contributed by atoms with Crippen molar-refractivity contribution >= 4 is 27.7 Å². The summed E-state index contributed by atoms with van der Waals surface area (Å²) in [5.41, 5.74) is 0.697. The number of hydrogen-bond donors (Lipinski definition) is 0. The Hall–Kier alpha value is 0.830. The summed E-state index contributed by atoms with van der Waals surface area (Å²) in [5, 5.41) is 1.21. The third kappa shape index (κ3) is 1.70. The van der Waals surface area contributed by atoms with Crippen molar-refractivity contribution in [2.24, 2.45) is 11.3 Å². The zero-order valence-electron chi connectivity index (χ0n) is 6.69. The van der Waals surface area contributed by atoms with E-state index in [0.29, 0.717) is 5.41 Å². The Kier molecular flexibility index (Phi) is 3.11. The third-order valence-electron chi connectivity index (χ3n) is 2.67. The highest BCUT2D eigenvalue weighted by molar-refractivity contribution is 9.09. The van der Waals surface area contributed by atoms with Crippen molar-refractivity contribution in [2.45, 2.75) is 19.8 Å². The molecule has 0 nitrogen and oxygen atoms in total. The maximum absolute atomic E-state index is 3.59. The fraction of sp³-hybridized carbons (Fsp3) is 1.00. The maximum Gasteiger partial charge on any atom is 0.00909 e. The average molecular weight is 223 g/mol. The molecule has 0 bridgehead atoms. The van der Waals surface area contributed by atoms with Crippen molar-refractivity contribution < 1.29 is 0 Å². The van der Waals surface area contributed by atoms with Crippen LogP contribution in [0.25, 0.3) is 0 Å². The summed E-state index contributed by atoms with van der Waals surface area (Å²) >= 11 is 5.56. The standard InChI is InChI=1S/C8H15BrS/c1-7-5-8(7,6-9)3-4-10-2/h7H,3-6H2,1-2H3. The van der Waals surface area contributed by atoms with Gasteiger partial charge >= 0.3 is 0 Å². The summed E-state index contributed by atoms with van der Waals surface area (Å²) < 4.78 is 0. The molecule has 2 atom stereocenters. The molecule has 0 N–H and O–H groups in total. The first-order chi connectivity index (χ1) is 4.75. The highest BCUT2D eigenvalue weighted by atomic mass is 79.9. The molecule has 0 aromatic carbocycles. The van der Waals surface area contributed by atoms with Crippen LogP contribution in [-0.2, 0) is 0 Å². The summed E-state index contributed by atoms with van der Waals surface area (Å²) in [6, 6.07) is 0. The van der Waals surface area contributed by atoms with Crippen LogP contribution in [0, 0.1) is 11.3 Å². The first-order valence-corrected chi connectivity index (χ1v) is 6.31. The Labute approximate surface area is 76.3 Å². The van der Waals surface area contributed by atoms with Gasteiger partial charge in [0.25, 0.3) is 0 Å². The Morgan fingerprint density at radius 2 is 2.30 bits per heavy atom. The van der Waals surface area contributed by atoms with Gasteiger partial charge in [0.05, 0.1) is 0 Å². The number of halogens is 1. The number of alkyl halides is 1. The highest BCUT2D eigenvalue weighted by Gasteiger charge is 2.48. The smallest absolute Gasteiger partial charge is 0.00909 e. The van der Waals surface area contributed by atoms with E-state index in [4.69, 9.17) is 0 Å². The molecular weight excluding hydrogens is 208 g/mol. The van der Waals surface area contributed by atoms with Gasteiger partial charge in [-0.15, -0.1) is 0 Å². The van der Waals surface area contributed by atoms with Crippen LogP contribution >= 0.6 is 27.7 Å². The van der Waals surface area contributed by atoms with Gasteiger partial charge < -0.3 is 0 Å². The van der Waals surface area contributed by atoms with Crippen LogP contribution in [0.5, 0.6) is 0 Å². The largest absolute Gasteiger partial charge is 0.165 e. The summed E-state index contributed by atoms with van der Waals surface area (Å²) in [6.45, 7) is 2.36. The van der Waals surface area contributed by atoms with E-state index in [-0.39, 0.29) is 0 Å². The van der Waals surface area contributed by atoms with E-state index in [1.807, 2.05) is 11.8 Å². The molecule has 1 rings (SSSR count). The minimum absolute atomic E-state index is 0.697. The predicted octanol–water partition coefficient (Wildman–Crippen LogP) is 3.16. The molecule has 60 valence electrons. The molecule has 0 amide bonds. The van der Waals surface area contributed by atoms with Gasteiger partial charge in [0.1, 0.15) is 0 Å². The van der Waals surface area contributed by atoms with Crippen molar-refractivity contribution in [1.82, 2.24) is 0 Å². The molecular formula is C8H15BrS. The molecule has 2 unspecified atom stereocenters. The molecule has 2 heteroatoms. The molecule has 0 aromatic heterocycles. The van der Waals surface area contributed by atoms with Crippen molar-refractivity contribution in [3.8, 4) is 0 Å². The average Bonchev–Trinajstić information content (AvgIpc) is 2.59. The zero-order chi connectivity index (χ0) is 7.61. The summed E-state index contributed by atoms with van der Waals surface area (Å²) in [7, 11) is 0. The van der Waals surface area contributed by atoms with Crippen LogP contribution in [0.1, 0.15) is 19.8 Å². The van der Waals surface area contributed by atoms with E-state index in [1.165, 1.54) is 23.9 Å². The molecule has 0 heterocycles. The Balaban J connectivity index is 2.23. The Morgan fingerprint density at radius 3 is 2.60 bits per heavy atom. The van der Waals surface area contributed by atoms with Gasteiger partial charge in [-0.1, -0.05) is 22.9 Å². The zero-order valence-corrected chi connectivity index (χ0v) is 9.09. The topological polar surface area (TPSA) is 0 Å². The molecule has 1 fully saturated rings. The van der Waals surface area contributed by atoms with Crippen LogP contribution in [0.3, 0.4) is 0 Å². The number of rotatable bonds is 4. The number of hydrogen-bond acceptors (Lipinski definition) is 1. The molecule has 1 aliphatic rings. The fourth-order valence-electron chi connectivity index (χ4n) is 1.46. The predicted molar refractivity (Wildman–Crippen MR) is 53.0 cm³/mol. The first-order valence-electron chi connectivity index (χ1n) is 3.80. The summed E-state index contributed by atoms with van der Waals surface area (Å²) in [5.74, 6) is 2.30. The quantitative estimate of drug-likeness (QED) is 0.659. The lowest BCUT2D eigenvalue weighted by atomic mass is 10.0. The van der Waals surface area contributed by atoms with Gasteiger partial charge in [-0.05, 0) is 36.2 Å². The molecule has 0 spiro atoms. The molecule has 10 heavy (non-hydrogen) atoms. The molecule has 1 aliphatic carbocycles. The summed E-state index contributed by atoms with van der Waals surface area (Å²) in [6.07, 6.45) is 5.04. The molecule has 0 aliphatic heterocycles. The highest BCUT2D eigenvalue weighted by Crippen LogP contribution is 2.56. The van der Waals surface area contributed by atoms with Gasteiger partial charge in [0.15, 0.2) is 0 Å². The van der Waals surface area contributed by atoms with E-state index in [1.54, 1.807) is 0 Å². The van der Waals surface area contributed by atoms with Crippen LogP contribution in [0.4, 0.5) is 0 Å². The van der Waals surface area contributed by atoms with Crippen LogP contribution in [0.15, 0.2) is 0 Å². The lowest BCUT2D eigenvalue weighted by Crippen LogP contribution is -2.05. The molecule has 0 radical (unpaired) electrons. The second-order valence-corrected chi connectivity index (χ2v) is 4.89. The van der Waals surface area contributed by atoms with E-state index in [9.17, 15) is 0 Å².